The third-order valence-electron chi connectivity index (χ3n) is 2.55. The first-order chi connectivity index (χ1) is 7.91. The van der Waals surface area contributed by atoms with Gasteiger partial charge in [0, 0.05) is 5.02 Å². The van der Waals surface area contributed by atoms with Gasteiger partial charge in [0.1, 0.15) is 5.92 Å². The van der Waals surface area contributed by atoms with E-state index in [-0.39, 0.29) is 11.9 Å². The molecule has 1 rings (SSSR count). The van der Waals surface area contributed by atoms with Crippen molar-refractivity contribution in [3.8, 4) is 0 Å². The standard InChI is InChI=1S/C12H15ClN2O2/c1-7(11(14)16)12(17)15-8(2)9-3-5-10(13)6-4-9/h3-8H,1-2H3,(H2,14,16)(H,15,17). The molecule has 0 saturated carbocycles. The van der Waals surface area contributed by atoms with Crippen LogP contribution in [0.1, 0.15) is 25.5 Å². The van der Waals surface area contributed by atoms with E-state index in [1.807, 2.05) is 19.1 Å². The first kappa shape index (κ1) is 13.5. The fourth-order valence-electron chi connectivity index (χ4n) is 1.30. The molecule has 1 aromatic rings. The molecule has 0 aliphatic heterocycles. The highest BCUT2D eigenvalue weighted by atomic mass is 35.5. The summed E-state index contributed by atoms with van der Waals surface area (Å²) in [5.41, 5.74) is 5.97. The average molecular weight is 255 g/mol. The van der Waals surface area contributed by atoms with E-state index in [0.29, 0.717) is 5.02 Å². The van der Waals surface area contributed by atoms with Crippen molar-refractivity contribution in [1.29, 1.82) is 0 Å². The fraction of sp³-hybridized carbons (Fsp3) is 0.333. The van der Waals surface area contributed by atoms with Crippen LogP contribution < -0.4 is 11.1 Å². The molecule has 2 unspecified atom stereocenters. The second-order valence-electron chi connectivity index (χ2n) is 3.91. The molecule has 4 nitrogen and oxygen atoms in total. The summed E-state index contributed by atoms with van der Waals surface area (Å²) in [6.45, 7) is 3.31. The van der Waals surface area contributed by atoms with Gasteiger partial charge < -0.3 is 11.1 Å². The van der Waals surface area contributed by atoms with Crippen LogP contribution in [0.4, 0.5) is 0 Å². The largest absolute Gasteiger partial charge is 0.369 e. The maximum Gasteiger partial charge on any atom is 0.232 e. The fourth-order valence-corrected chi connectivity index (χ4v) is 1.43. The second-order valence-corrected chi connectivity index (χ2v) is 4.34. The molecule has 0 fully saturated rings. The summed E-state index contributed by atoms with van der Waals surface area (Å²) in [4.78, 5) is 22.4. The molecule has 17 heavy (non-hydrogen) atoms. The lowest BCUT2D eigenvalue weighted by atomic mass is 10.1. The average Bonchev–Trinajstić information content (AvgIpc) is 2.28. The number of benzene rings is 1. The highest BCUT2D eigenvalue weighted by Gasteiger charge is 2.20. The van der Waals surface area contributed by atoms with E-state index in [4.69, 9.17) is 17.3 Å². The molecule has 0 radical (unpaired) electrons. The minimum atomic E-state index is -0.829. The van der Waals surface area contributed by atoms with Crippen LogP contribution in [0, 0.1) is 5.92 Å². The number of primary amides is 1. The first-order valence-electron chi connectivity index (χ1n) is 5.27. The number of rotatable bonds is 4. The number of nitrogens with one attached hydrogen (secondary N) is 1. The van der Waals surface area contributed by atoms with Crippen LogP contribution in [-0.4, -0.2) is 11.8 Å². The molecule has 0 aliphatic carbocycles. The normalized spacial score (nSPS) is 13.8. The van der Waals surface area contributed by atoms with Crippen LogP contribution in [-0.2, 0) is 9.59 Å². The minimum absolute atomic E-state index is 0.193. The molecule has 0 saturated heterocycles. The summed E-state index contributed by atoms with van der Waals surface area (Å²) in [5, 5.41) is 3.35. The molecule has 5 heteroatoms. The molecule has 0 aliphatic rings. The molecule has 92 valence electrons. The van der Waals surface area contributed by atoms with Crippen LogP contribution >= 0.6 is 11.6 Å². The summed E-state index contributed by atoms with van der Waals surface area (Å²) in [5.74, 6) is -1.84. The minimum Gasteiger partial charge on any atom is -0.369 e. The summed E-state index contributed by atoms with van der Waals surface area (Å²) in [6, 6.07) is 6.94. The Labute approximate surface area is 105 Å². The van der Waals surface area contributed by atoms with Crippen molar-refractivity contribution >= 4 is 23.4 Å². The Bertz CT molecular complexity index is 417. The van der Waals surface area contributed by atoms with Crippen molar-refractivity contribution < 1.29 is 9.59 Å². The number of halogens is 1. The Balaban J connectivity index is 2.66. The molecule has 0 bridgehead atoms. The molecule has 0 heterocycles. The zero-order chi connectivity index (χ0) is 13.0. The van der Waals surface area contributed by atoms with E-state index in [1.165, 1.54) is 6.92 Å². The Morgan fingerprint density at radius 1 is 1.24 bits per heavy atom. The first-order valence-corrected chi connectivity index (χ1v) is 5.64. The van der Waals surface area contributed by atoms with Crippen LogP contribution in [0.5, 0.6) is 0 Å². The van der Waals surface area contributed by atoms with Crippen molar-refractivity contribution in [2.75, 3.05) is 0 Å². The van der Waals surface area contributed by atoms with Crippen LogP contribution in [0.3, 0.4) is 0 Å². The summed E-state index contributed by atoms with van der Waals surface area (Å²) in [7, 11) is 0. The van der Waals surface area contributed by atoms with Gasteiger partial charge in [-0.3, -0.25) is 9.59 Å². The van der Waals surface area contributed by atoms with E-state index in [1.54, 1.807) is 12.1 Å². The maximum atomic E-state index is 11.6. The van der Waals surface area contributed by atoms with Crippen molar-refractivity contribution in [1.82, 2.24) is 5.32 Å². The maximum absolute atomic E-state index is 11.6. The van der Waals surface area contributed by atoms with E-state index < -0.39 is 11.8 Å². The molecular formula is C12H15ClN2O2. The van der Waals surface area contributed by atoms with Gasteiger partial charge in [0.15, 0.2) is 0 Å². The number of amides is 2. The van der Waals surface area contributed by atoms with E-state index in [0.717, 1.165) is 5.56 Å². The lowest BCUT2D eigenvalue weighted by Crippen LogP contribution is -2.38. The molecule has 3 N–H and O–H groups in total. The van der Waals surface area contributed by atoms with Gasteiger partial charge in [-0.1, -0.05) is 23.7 Å². The third-order valence-corrected chi connectivity index (χ3v) is 2.80. The molecule has 2 amide bonds. The second kappa shape index (κ2) is 5.68. The Morgan fingerprint density at radius 3 is 2.24 bits per heavy atom. The number of nitrogens with two attached hydrogens (primary N) is 1. The van der Waals surface area contributed by atoms with Gasteiger partial charge in [-0.05, 0) is 31.5 Å². The van der Waals surface area contributed by atoms with Gasteiger partial charge >= 0.3 is 0 Å². The quantitative estimate of drug-likeness (QED) is 0.802. The van der Waals surface area contributed by atoms with Gasteiger partial charge in [0.25, 0.3) is 0 Å². The van der Waals surface area contributed by atoms with Gasteiger partial charge in [-0.2, -0.15) is 0 Å². The predicted octanol–water partition coefficient (Wildman–Crippen LogP) is 1.64. The van der Waals surface area contributed by atoms with Crippen LogP contribution in [0.25, 0.3) is 0 Å². The SMILES string of the molecule is CC(C(N)=O)C(=O)NC(C)c1ccc(Cl)cc1. The molecule has 2 atom stereocenters. The Morgan fingerprint density at radius 2 is 1.76 bits per heavy atom. The molecule has 0 spiro atoms. The van der Waals surface area contributed by atoms with Crippen molar-refractivity contribution in [2.24, 2.45) is 11.7 Å². The number of carbonyl (C=O) groups is 2. The smallest absolute Gasteiger partial charge is 0.232 e. The lowest BCUT2D eigenvalue weighted by Gasteiger charge is -2.16. The lowest BCUT2D eigenvalue weighted by molar-refractivity contribution is -0.133. The Hall–Kier alpha value is -1.55. The Kier molecular flexibility index (Phi) is 4.52. The van der Waals surface area contributed by atoms with Gasteiger partial charge in [-0.25, -0.2) is 0 Å². The van der Waals surface area contributed by atoms with Crippen LogP contribution in [0.15, 0.2) is 24.3 Å². The summed E-state index contributed by atoms with van der Waals surface area (Å²) in [6.07, 6.45) is 0. The molecular weight excluding hydrogens is 240 g/mol. The summed E-state index contributed by atoms with van der Waals surface area (Å²) >= 11 is 5.77. The highest BCUT2D eigenvalue weighted by Crippen LogP contribution is 2.16. The predicted molar refractivity (Wildman–Crippen MR) is 66.4 cm³/mol. The van der Waals surface area contributed by atoms with Crippen molar-refractivity contribution in [2.45, 2.75) is 19.9 Å². The van der Waals surface area contributed by atoms with Gasteiger partial charge in [-0.15, -0.1) is 0 Å². The zero-order valence-electron chi connectivity index (χ0n) is 9.74. The highest BCUT2D eigenvalue weighted by molar-refractivity contribution is 6.30. The molecule has 1 aromatic carbocycles. The molecule has 0 aromatic heterocycles. The van der Waals surface area contributed by atoms with Gasteiger partial charge in [0.05, 0.1) is 6.04 Å². The number of hydrogen-bond acceptors (Lipinski definition) is 2. The third kappa shape index (κ3) is 3.75. The monoisotopic (exact) mass is 254 g/mol. The van der Waals surface area contributed by atoms with E-state index >= 15 is 0 Å². The summed E-state index contributed by atoms with van der Waals surface area (Å²) < 4.78 is 0. The van der Waals surface area contributed by atoms with Crippen molar-refractivity contribution in [3.63, 3.8) is 0 Å². The van der Waals surface area contributed by atoms with E-state index in [9.17, 15) is 9.59 Å². The van der Waals surface area contributed by atoms with Crippen LogP contribution in [0.2, 0.25) is 5.02 Å². The number of carbonyl (C=O) groups excluding carboxylic acids is 2. The number of hydrogen-bond donors (Lipinski definition) is 2. The van der Waals surface area contributed by atoms with E-state index in [2.05, 4.69) is 5.32 Å². The topological polar surface area (TPSA) is 72.2 Å². The van der Waals surface area contributed by atoms with Gasteiger partial charge in [0.2, 0.25) is 11.8 Å². The zero-order valence-corrected chi connectivity index (χ0v) is 10.5. The van der Waals surface area contributed by atoms with Crippen molar-refractivity contribution in [3.05, 3.63) is 34.9 Å².